The van der Waals surface area contributed by atoms with Gasteiger partial charge in [0.1, 0.15) is 0 Å². The van der Waals surface area contributed by atoms with E-state index in [4.69, 9.17) is 46.4 Å². The van der Waals surface area contributed by atoms with Crippen molar-refractivity contribution in [3.8, 4) is 0 Å². The number of anilines is 1. The molecule has 23 heavy (non-hydrogen) atoms. The van der Waals surface area contributed by atoms with Crippen molar-refractivity contribution >= 4 is 52.1 Å². The number of halogens is 4. The maximum atomic E-state index is 6.46. The molecule has 0 fully saturated rings. The summed E-state index contributed by atoms with van der Waals surface area (Å²) >= 11 is 24.9. The van der Waals surface area contributed by atoms with Gasteiger partial charge in [-0.3, -0.25) is 0 Å². The molecule has 0 aromatic heterocycles. The summed E-state index contributed by atoms with van der Waals surface area (Å²) in [6.45, 7) is 0. The summed E-state index contributed by atoms with van der Waals surface area (Å²) in [6.07, 6.45) is 5.47. The number of hydrogen-bond acceptors (Lipinski definition) is 1. The highest BCUT2D eigenvalue weighted by Crippen LogP contribution is 2.52. The fourth-order valence-corrected chi connectivity index (χ4v) is 4.61. The lowest BCUT2D eigenvalue weighted by atomic mass is 9.77. The third-order valence-corrected chi connectivity index (χ3v) is 5.95. The Hall–Kier alpha value is -0.860. The zero-order valence-electron chi connectivity index (χ0n) is 12.0. The Morgan fingerprint density at radius 1 is 0.913 bits per heavy atom. The maximum absolute atomic E-state index is 6.46. The van der Waals surface area contributed by atoms with Gasteiger partial charge in [-0.05, 0) is 42.2 Å². The van der Waals surface area contributed by atoms with Gasteiger partial charge in [-0.1, -0.05) is 64.6 Å². The first-order valence-electron chi connectivity index (χ1n) is 7.41. The summed E-state index contributed by atoms with van der Waals surface area (Å²) in [5.74, 6) is 0.689. The lowest BCUT2D eigenvalue weighted by molar-refractivity contribution is 0.426. The third-order valence-electron chi connectivity index (χ3n) is 4.68. The van der Waals surface area contributed by atoms with E-state index in [0.717, 1.165) is 23.2 Å². The first-order chi connectivity index (χ1) is 11.0. The average Bonchev–Trinajstić information content (AvgIpc) is 2.97. The van der Waals surface area contributed by atoms with Crippen LogP contribution in [-0.2, 0) is 0 Å². The summed E-state index contributed by atoms with van der Waals surface area (Å²) < 4.78 is 0. The van der Waals surface area contributed by atoms with Crippen LogP contribution in [0.3, 0.4) is 0 Å². The zero-order valence-corrected chi connectivity index (χ0v) is 15.0. The lowest BCUT2D eigenvalue weighted by Gasteiger charge is -2.38. The number of benzene rings is 2. The minimum absolute atomic E-state index is 0.145. The average molecular weight is 385 g/mol. The van der Waals surface area contributed by atoms with Crippen molar-refractivity contribution in [3.05, 3.63) is 73.7 Å². The molecule has 0 amide bonds. The number of hydrogen-bond donors (Lipinski definition) is 1. The molecule has 1 heterocycles. The molecule has 0 spiro atoms. The van der Waals surface area contributed by atoms with Crippen LogP contribution in [0.2, 0.25) is 20.1 Å². The van der Waals surface area contributed by atoms with Gasteiger partial charge in [0.25, 0.3) is 0 Å². The van der Waals surface area contributed by atoms with Crippen molar-refractivity contribution in [2.24, 2.45) is 5.92 Å². The van der Waals surface area contributed by atoms with Gasteiger partial charge in [0, 0.05) is 27.2 Å². The molecular formula is C18H13Cl4N. The maximum Gasteiger partial charge on any atom is 0.0595 e. The minimum Gasteiger partial charge on any atom is -0.378 e. The number of fused-ring (bicyclic) bond motifs is 3. The molecule has 1 aliphatic carbocycles. The number of allylic oxidation sites excluding steroid dienone is 2. The third kappa shape index (κ3) is 2.64. The number of nitrogens with one attached hydrogen (secondary N) is 1. The van der Waals surface area contributed by atoms with Gasteiger partial charge in [-0.25, -0.2) is 0 Å². The van der Waals surface area contributed by atoms with E-state index in [9.17, 15) is 0 Å². The second-order valence-electron chi connectivity index (χ2n) is 6.00. The molecule has 1 nitrogen and oxygen atoms in total. The molecule has 0 bridgehead atoms. The molecule has 2 aromatic rings. The van der Waals surface area contributed by atoms with E-state index in [2.05, 4.69) is 17.5 Å². The second-order valence-corrected chi connectivity index (χ2v) is 7.66. The molecule has 4 rings (SSSR count). The smallest absolute Gasteiger partial charge is 0.0595 e. The Morgan fingerprint density at radius 3 is 2.52 bits per heavy atom. The predicted octanol–water partition coefficient (Wildman–Crippen LogP) is 7.13. The molecule has 1 aliphatic heterocycles. The Balaban J connectivity index is 1.82. The van der Waals surface area contributed by atoms with Crippen LogP contribution < -0.4 is 5.32 Å². The molecule has 0 radical (unpaired) electrons. The summed E-state index contributed by atoms with van der Waals surface area (Å²) in [5, 5.41) is 6.09. The first-order valence-corrected chi connectivity index (χ1v) is 8.93. The van der Waals surface area contributed by atoms with Crippen molar-refractivity contribution in [2.45, 2.75) is 18.4 Å². The second kappa shape index (κ2) is 5.89. The van der Waals surface area contributed by atoms with Crippen molar-refractivity contribution in [3.63, 3.8) is 0 Å². The largest absolute Gasteiger partial charge is 0.378 e. The Labute approximate surface area is 155 Å². The van der Waals surface area contributed by atoms with E-state index in [1.807, 2.05) is 30.3 Å². The van der Waals surface area contributed by atoms with E-state index in [0.29, 0.717) is 26.0 Å². The van der Waals surface area contributed by atoms with E-state index in [1.54, 1.807) is 0 Å². The van der Waals surface area contributed by atoms with Crippen LogP contribution in [0.15, 0.2) is 42.5 Å². The summed E-state index contributed by atoms with van der Waals surface area (Å²) in [4.78, 5) is 0. The van der Waals surface area contributed by atoms with Crippen LogP contribution in [0.1, 0.15) is 29.5 Å². The van der Waals surface area contributed by atoms with Crippen LogP contribution >= 0.6 is 46.4 Å². The van der Waals surface area contributed by atoms with Crippen LogP contribution in [-0.4, -0.2) is 0 Å². The van der Waals surface area contributed by atoms with Gasteiger partial charge in [0.05, 0.1) is 16.1 Å². The van der Waals surface area contributed by atoms with E-state index in [1.165, 1.54) is 0 Å². The Morgan fingerprint density at radius 2 is 1.74 bits per heavy atom. The van der Waals surface area contributed by atoms with Gasteiger partial charge in [0.15, 0.2) is 0 Å². The van der Waals surface area contributed by atoms with Crippen molar-refractivity contribution in [1.29, 1.82) is 0 Å². The standard InChI is InChI=1S/C18H13Cl4N/c19-10-7-15(22)17-11-2-1-3-12(11)18(23-16(17)8-10)9-4-5-13(20)14(21)6-9/h1-2,4-8,11-12,18,23H,3H2/t11-,12+,18-/m1/s1. The quantitative estimate of drug-likeness (QED) is 0.515. The summed E-state index contributed by atoms with van der Waals surface area (Å²) in [7, 11) is 0. The van der Waals surface area contributed by atoms with Crippen LogP contribution in [0.25, 0.3) is 0 Å². The molecule has 2 aliphatic rings. The lowest BCUT2D eigenvalue weighted by Crippen LogP contribution is -2.29. The molecular weight excluding hydrogens is 372 g/mol. The fraction of sp³-hybridized carbons (Fsp3) is 0.222. The fourth-order valence-electron chi connectivity index (χ4n) is 3.68. The van der Waals surface area contributed by atoms with Gasteiger partial charge >= 0.3 is 0 Å². The molecule has 0 unspecified atom stereocenters. The highest BCUT2D eigenvalue weighted by atomic mass is 35.5. The van der Waals surface area contributed by atoms with Crippen molar-refractivity contribution < 1.29 is 0 Å². The number of rotatable bonds is 1. The normalized spacial score (nSPS) is 25.0. The monoisotopic (exact) mass is 383 g/mol. The minimum atomic E-state index is 0.145. The first kappa shape index (κ1) is 15.7. The summed E-state index contributed by atoms with van der Waals surface area (Å²) in [6, 6.07) is 9.71. The van der Waals surface area contributed by atoms with Crippen LogP contribution in [0, 0.1) is 5.92 Å². The van der Waals surface area contributed by atoms with Crippen molar-refractivity contribution in [2.75, 3.05) is 5.32 Å². The van der Waals surface area contributed by atoms with Gasteiger partial charge < -0.3 is 5.32 Å². The van der Waals surface area contributed by atoms with Gasteiger partial charge in [-0.15, -0.1) is 0 Å². The molecule has 0 saturated heterocycles. The topological polar surface area (TPSA) is 12.0 Å². The van der Waals surface area contributed by atoms with E-state index < -0.39 is 0 Å². The van der Waals surface area contributed by atoms with E-state index >= 15 is 0 Å². The Kier molecular flexibility index (Phi) is 4.01. The zero-order chi connectivity index (χ0) is 16.1. The van der Waals surface area contributed by atoms with E-state index in [-0.39, 0.29) is 12.0 Å². The molecule has 0 saturated carbocycles. The molecule has 2 aromatic carbocycles. The SMILES string of the molecule is Clc1cc(Cl)c2c(c1)N[C@H](c1ccc(Cl)c(Cl)c1)[C@H]1CC=C[C@@H]21. The highest BCUT2D eigenvalue weighted by molar-refractivity contribution is 6.42. The van der Waals surface area contributed by atoms with Crippen LogP contribution in [0.5, 0.6) is 0 Å². The molecule has 118 valence electrons. The molecule has 3 atom stereocenters. The predicted molar refractivity (Wildman–Crippen MR) is 99.3 cm³/mol. The van der Waals surface area contributed by atoms with Gasteiger partial charge in [0.2, 0.25) is 0 Å². The van der Waals surface area contributed by atoms with Crippen molar-refractivity contribution in [1.82, 2.24) is 0 Å². The van der Waals surface area contributed by atoms with Crippen LogP contribution in [0.4, 0.5) is 5.69 Å². The summed E-state index contributed by atoms with van der Waals surface area (Å²) in [5.41, 5.74) is 3.25. The molecule has 1 N–H and O–H groups in total. The molecule has 5 heteroatoms. The van der Waals surface area contributed by atoms with Gasteiger partial charge in [-0.2, -0.15) is 0 Å². The highest BCUT2D eigenvalue weighted by Gasteiger charge is 2.39. The Bertz CT molecular complexity index is 815.